The molecule has 7 heteroatoms. The van der Waals surface area contributed by atoms with Gasteiger partial charge < -0.3 is 24.6 Å². The zero-order valence-electron chi connectivity index (χ0n) is 18.0. The molecule has 170 valence electrons. The third-order valence-corrected chi connectivity index (χ3v) is 8.38. The predicted molar refractivity (Wildman–Crippen MR) is 118 cm³/mol. The number of ether oxygens (including phenoxy) is 3. The Kier molecular flexibility index (Phi) is 6.37. The lowest BCUT2D eigenvalue weighted by molar-refractivity contribution is -0.153. The topological polar surface area (TPSA) is 77.0 Å². The molecule has 0 unspecified atom stereocenters. The van der Waals surface area contributed by atoms with Gasteiger partial charge in [-0.1, -0.05) is 6.07 Å². The third kappa shape index (κ3) is 4.85. The van der Waals surface area contributed by atoms with Crippen molar-refractivity contribution in [2.24, 2.45) is 17.8 Å². The highest BCUT2D eigenvalue weighted by Gasteiger charge is 2.52. The van der Waals surface area contributed by atoms with Crippen molar-refractivity contribution in [3.8, 4) is 0 Å². The molecule has 0 saturated heterocycles. The fraction of sp³-hybridized carbons (Fsp3) is 0.708. The Balaban J connectivity index is 1.26. The number of aliphatic hydroxyl groups excluding tert-OH is 1. The fourth-order valence-corrected chi connectivity index (χ4v) is 7.40. The minimum absolute atomic E-state index is 0.00222. The summed E-state index contributed by atoms with van der Waals surface area (Å²) in [5.74, 6) is 2.74. The molecule has 2 N–H and O–H groups in total. The first-order valence-electron chi connectivity index (χ1n) is 11.7. The lowest BCUT2D eigenvalue weighted by atomic mass is 9.53. The summed E-state index contributed by atoms with van der Waals surface area (Å²) in [5.41, 5.74) is -0.0413. The van der Waals surface area contributed by atoms with E-state index in [0.717, 1.165) is 37.0 Å². The Morgan fingerprint density at radius 2 is 1.87 bits per heavy atom. The van der Waals surface area contributed by atoms with Crippen molar-refractivity contribution < 1.29 is 24.1 Å². The smallest absolute Gasteiger partial charge is 0.286 e. The molecule has 31 heavy (non-hydrogen) atoms. The molecule has 0 spiro atoms. The summed E-state index contributed by atoms with van der Waals surface area (Å²) < 4.78 is 17.2. The molecule has 6 nitrogen and oxygen atoms in total. The number of amides is 1. The second kappa shape index (κ2) is 9.22. The summed E-state index contributed by atoms with van der Waals surface area (Å²) in [6.45, 7) is 1.05. The summed E-state index contributed by atoms with van der Waals surface area (Å²) in [7, 11) is 0. The van der Waals surface area contributed by atoms with E-state index in [9.17, 15) is 4.79 Å². The van der Waals surface area contributed by atoms with Crippen LogP contribution in [0.3, 0.4) is 0 Å². The maximum Gasteiger partial charge on any atom is 0.286 e. The molecule has 2 atom stereocenters. The summed E-state index contributed by atoms with van der Waals surface area (Å²) in [6, 6.07) is 4.14. The van der Waals surface area contributed by atoms with Crippen LogP contribution in [-0.2, 0) is 19.0 Å². The minimum atomic E-state index is -0.480. The van der Waals surface area contributed by atoms with Gasteiger partial charge in [-0.25, -0.2) is 0 Å². The van der Waals surface area contributed by atoms with Gasteiger partial charge in [-0.05, 0) is 73.8 Å². The average molecular weight is 448 g/mol. The lowest BCUT2D eigenvalue weighted by Gasteiger charge is -2.56. The van der Waals surface area contributed by atoms with Crippen LogP contribution in [0, 0.1) is 17.8 Å². The molecule has 1 amide bonds. The Morgan fingerprint density at radius 3 is 2.52 bits per heavy atom. The predicted octanol–water partition coefficient (Wildman–Crippen LogP) is 3.57. The molecule has 2 heterocycles. The van der Waals surface area contributed by atoms with Crippen LogP contribution in [0.1, 0.15) is 55.7 Å². The number of allylic oxidation sites excluding steroid dienone is 1. The number of aliphatic hydroxyl groups is 1. The van der Waals surface area contributed by atoms with E-state index in [0.29, 0.717) is 32.0 Å². The zero-order valence-corrected chi connectivity index (χ0v) is 18.8. The highest BCUT2D eigenvalue weighted by atomic mass is 32.1. The van der Waals surface area contributed by atoms with Gasteiger partial charge in [-0.3, -0.25) is 4.79 Å². The van der Waals surface area contributed by atoms with Crippen molar-refractivity contribution in [3.05, 3.63) is 34.2 Å². The molecule has 4 saturated carbocycles. The molecule has 4 aliphatic carbocycles. The van der Waals surface area contributed by atoms with Crippen LogP contribution in [0.4, 0.5) is 0 Å². The number of nitrogens with one attached hydrogen (secondary N) is 1. The first-order valence-corrected chi connectivity index (χ1v) is 12.5. The van der Waals surface area contributed by atoms with Gasteiger partial charge in [0, 0.05) is 22.8 Å². The van der Waals surface area contributed by atoms with Crippen molar-refractivity contribution in [2.75, 3.05) is 26.4 Å². The maximum absolute atomic E-state index is 13.3. The SMILES string of the molecule is O=C(NC12CC3CC(CC(C3)C1)C2)C1=C[C@@H](c2cccs2)C[C@@H](OCCOCCO)O1. The van der Waals surface area contributed by atoms with E-state index in [1.807, 2.05) is 12.1 Å². The molecule has 4 fully saturated rings. The van der Waals surface area contributed by atoms with E-state index in [1.165, 1.54) is 24.1 Å². The molecular formula is C24H33NO5S. The quantitative estimate of drug-likeness (QED) is 0.566. The van der Waals surface area contributed by atoms with E-state index in [2.05, 4.69) is 16.8 Å². The zero-order chi connectivity index (χ0) is 21.3. The van der Waals surface area contributed by atoms with Crippen LogP contribution in [0.5, 0.6) is 0 Å². The summed E-state index contributed by atoms with van der Waals surface area (Å²) in [5, 5.41) is 14.3. The second-order valence-electron chi connectivity index (χ2n) is 9.79. The Labute approximate surface area is 188 Å². The molecule has 1 aromatic heterocycles. The molecule has 4 bridgehead atoms. The van der Waals surface area contributed by atoms with Gasteiger partial charge >= 0.3 is 0 Å². The van der Waals surface area contributed by atoms with E-state index in [1.54, 1.807) is 11.3 Å². The molecule has 6 rings (SSSR count). The average Bonchev–Trinajstić information content (AvgIpc) is 3.27. The van der Waals surface area contributed by atoms with E-state index in [4.69, 9.17) is 19.3 Å². The van der Waals surface area contributed by atoms with Gasteiger partial charge in [0.2, 0.25) is 6.29 Å². The number of carbonyl (C=O) groups excluding carboxylic acids is 1. The van der Waals surface area contributed by atoms with Crippen molar-refractivity contribution in [1.29, 1.82) is 0 Å². The van der Waals surface area contributed by atoms with Gasteiger partial charge in [0.25, 0.3) is 5.91 Å². The second-order valence-corrected chi connectivity index (χ2v) is 10.8. The van der Waals surface area contributed by atoms with Crippen molar-refractivity contribution in [2.45, 2.75) is 62.7 Å². The van der Waals surface area contributed by atoms with Crippen molar-refractivity contribution >= 4 is 17.2 Å². The van der Waals surface area contributed by atoms with Gasteiger partial charge in [0.15, 0.2) is 5.76 Å². The molecule has 0 radical (unpaired) electrons. The Hall–Kier alpha value is -1.41. The van der Waals surface area contributed by atoms with Crippen molar-refractivity contribution in [3.63, 3.8) is 0 Å². The number of rotatable bonds is 9. The van der Waals surface area contributed by atoms with Gasteiger partial charge in [-0.15, -0.1) is 11.3 Å². The molecule has 1 aliphatic heterocycles. The molecule has 5 aliphatic rings. The van der Waals surface area contributed by atoms with Crippen LogP contribution >= 0.6 is 11.3 Å². The number of hydrogen-bond acceptors (Lipinski definition) is 6. The van der Waals surface area contributed by atoms with Gasteiger partial charge in [0.1, 0.15) is 0 Å². The largest absolute Gasteiger partial charge is 0.459 e. The monoisotopic (exact) mass is 447 g/mol. The lowest BCUT2D eigenvalue weighted by Crippen LogP contribution is -2.60. The van der Waals surface area contributed by atoms with E-state index in [-0.39, 0.29) is 24.0 Å². The van der Waals surface area contributed by atoms with Crippen LogP contribution in [0.25, 0.3) is 0 Å². The standard InChI is InChI=1S/C24H33NO5S/c26-3-4-28-5-6-29-22-12-19(21-2-1-7-31-21)11-20(30-22)23(27)25-24-13-16-8-17(14-24)10-18(9-16)15-24/h1-2,7,11,16-19,22,26H,3-6,8-10,12-15H2,(H,25,27)/t16?,17?,18?,19-,22+,24?/m1/s1. The number of hydrogen-bond donors (Lipinski definition) is 2. The molecule has 0 aromatic carbocycles. The highest BCUT2D eigenvalue weighted by molar-refractivity contribution is 7.10. The summed E-state index contributed by atoms with van der Waals surface area (Å²) >= 11 is 1.70. The van der Waals surface area contributed by atoms with Crippen LogP contribution in [-0.4, -0.2) is 49.3 Å². The Morgan fingerprint density at radius 1 is 1.13 bits per heavy atom. The summed E-state index contributed by atoms with van der Waals surface area (Å²) in [6.07, 6.45) is 9.58. The number of carbonyl (C=O) groups is 1. The fourth-order valence-electron chi connectivity index (χ4n) is 6.59. The van der Waals surface area contributed by atoms with Crippen LogP contribution in [0.15, 0.2) is 29.3 Å². The van der Waals surface area contributed by atoms with Gasteiger partial charge in [0.05, 0.1) is 26.4 Å². The van der Waals surface area contributed by atoms with E-state index < -0.39 is 6.29 Å². The van der Waals surface area contributed by atoms with Crippen LogP contribution in [0.2, 0.25) is 0 Å². The first kappa shape index (κ1) is 21.4. The summed E-state index contributed by atoms with van der Waals surface area (Å²) in [4.78, 5) is 14.6. The molecule has 1 aromatic rings. The Bertz CT molecular complexity index is 757. The van der Waals surface area contributed by atoms with Gasteiger partial charge in [-0.2, -0.15) is 0 Å². The van der Waals surface area contributed by atoms with Crippen molar-refractivity contribution in [1.82, 2.24) is 5.32 Å². The number of thiophene rings is 1. The highest BCUT2D eigenvalue weighted by Crippen LogP contribution is 2.55. The maximum atomic E-state index is 13.3. The minimum Gasteiger partial charge on any atom is -0.459 e. The molecular weight excluding hydrogens is 414 g/mol. The normalized spacial score (nSPS) is 36.2. The third-order valence-electron chi connectivity index (χ3n) is 7.37. The van der Waals surface area contributed by atoms with Crippen LogP contribution < -0.4 is 5.32 Å². The first-order chi connectivity index (χ1) is 15.1. The van der Waals surface area contributed by atoms with E-state index >= 15 is 0 Å².